The number of rotatable bonds is 6. The Morgan fingerprint density at radius 2 is 1.67 bits per heavy atom. The number of benzene rings is 3. The van der Waals surface area contributed by atoms with E-state index in [-0.39, 0.29) is 24.8 Å². The summed E-state index contributed by atoms with van der Waals surface area (Å²) in [4.78, 5) is 32.1. The van der Waals surface area contributed by atoms with Crippen LogP contribution in [-0.2, 0) is 4.79 Å². The minimum atomic E-state index is -0.302. The topological polar surface area (TPSA) is 86.9 Å². The molecule has 4 aromatic rings. The molecule has 0 aliphatic rings. The number of amides is 2. The number of fused-ring (bicyclic) bond motifs is 1. The van der Waals surface area contributed by atoms with Crippen molar-refractivity contribution in [2.45, 2.75) is 6.42 Å². The van der Waals surface area contributed by atoms with Crippen LogP contribution < -0.4 is 10.6 Å². The van der Waals surface area contributed by atoms with Gasteiger partial charge in [-0.15, -0.1) is 0 Å². The van der Waals surface area contributed by atoms with Gasteiger partial charge in [-0.25, -0.2) is 4.98 Å². The van der Waals surface area contributed by atoms with E-state index in [0.717, 1.165) is 22.4 Å². The van der Waals surface area contributed by atoms with E-state index >= 15 is 0 Å². The number of imidazole rings is 1. The molecule has 0 saturated carbocycles. The second kappa shape index (κ2) is 8.80. The van der Waals surface area contributed by atoms with Crippen LogP contribution >= 0.6 is 11.6 Å². The van der Waals surface area contributed by atoms with Gasteiger partial charge in [0, 0.05) is 24.2 Å². The van der Waals surface area contributed by atoms with E-state index in [9.17, 15) is 9.59 Å². The number of para-hydroxylation sites is 2. The van der Waals surface area contributed by atoms with Gasteiger partial charge >= 0.3 is 0 Å². The van der Waals surface area contributed by atoms with Crippen LogP contribution in [0.2, 0.25) is 5.02 Å². The molecule has 3 aromatic carbocycles. The number of anilines is 1. The van der Waals surface area contributed by atoms with Crippen molar-refractivity contribution in [1.29, 1.82) is 0 Å². The molecule has 4 rings (SSSR count). The van der Waals surface area contributed by atoms with E-state index in [1.807, 2.05) is 48.5 Å². The highest BCUT2D eigenvalue weighted by molar-refractivity contribution is 6.33. The Morgan fingerprint density at radius 1 is 0.933 bits per heavy atom. The minimum Gasteiger partial charge on any atom is -0.351 e. The Hall–Kier alpha value is -3.64. The van der Waals surface area contributed by atoms with Gasteiger partial charge in [0.2, 0.25) is 5.91 Å². The first-order valence-corrected chi connectivity index (χ1v) is 9.86. The SMILES string of the molecule is O=C(CCNC(=O)c1ccccc1Cl)Nc1ccc(-c2nc3ccccc3[nH]2)cc1. The van der Waals surface area contributed by atoms with E-state index in [4.69, 9.17) is 11.6 Å². The van der Waals surface area contributed by atoms with Crippen molar-refractivity contribution >= 4 is 40.1 Å². The molecular weight excluding hydrogens is 400 g/mol. The molecule has 2 amide bonds. The molecule has 30 heavy (non-hydrogen) atoms. The summed E-state index contributed by atoms with van der Waals surface area (Å²) in [6, 6.07) is 22.1. The van der Waals surface area contributed by atoms with Crippen molar-refractivity contribution < 1.29 is 9.59 Å². The molecule has 0 radical (unpaired) electrons. The van der Waals surface area contributed by atoms with Gasteiger partial charge in [0.1, 0.15) is 5.82 Å². The second-order valence-electron chi connectivity index (χ2n) is 6.71. The van der Waals surface area contributed by atoms with E-state index in [2.05, 4.69) is 20.6 Å². The molecule has 0 spiro atoms. The number of nitrogens with zero attached hydrogens (tertiary/aromatic N) is 1. The van der Waals surface area contributed by atoms with Crippen molar-refractivity contribution in [2.24, 2.45) is 0 Å². The smallest absolute Gasteiger partial charge is 0.252 e. The summed E-state index contributed by atoms with van der Waals surface area (Å²) in [7, 11) is 0. The van der Waals surface area contributed by atoms with Crippen LogP contribution in [0, 0.1) is 0 Å². The summed E-state index contributed by atoms with van der Waals surface area (Å²) in [6.07, 6.45) is 0.154. The fraction of sp³-hybridized carbons (Fsp3) is 0.0870. The molecule has 6 nitrogen and oxygen atoms in total. The van der Waals surface area contributed by atoms with Crippen LogP contribution in [0.5, 0.6) is 0 Å². The summed E-state index contributed by atoms with van der Waals surface area (Å²) in [5.41, 5.74) is 3.88. The van der Waals surface area contributed by atoms with E-state index in [0.29, 0.717) is 16.3 Å². The summed E-state index contributed by atoms with van der Waals surface area (Å²) in [5.74, 6) is 0.283. The van der Waals surface area contributed by atoms with Crippen LogP contribution in [0.3, 0.4) is 0 Å². The van der Waals surface area contributed by atoms with Gasteiger partial charge < -0.3 is 15.6 Å². The zero-order valence-electron chi connectivity index (χ0n) is 16.0. The standard InChI is InChI=1S/C23H19ClN4O2/c24-18-6-2-1-5-17(18)23(30)25-14-13-21(29)26-16-11-9-15(10-12-16)22-27-19-7-3-4-8-20(19)28-22/h1-12H,13-14H2,(H,25,30)(H,26,29)(H,27,28). The maximum atomic E-state index is 12.2. The maximum Gasteiger partial charge on any atom is 0.252 e. The number of hydrogen-bond donors (Lipinski definition) is 3. The summed E-state index contributed by atoms with van der Waals surface area (Å²) < 4.78 is 0. The van der Waals surface area contributed by atoms with Crippen LogP contribution in [0.25, 0.3) is 22.4 Å². The summed E-state index contributed by atoms with van der Waals surface area (Å²) in [5, 5.41) is 5.91. The third-order valence-electron chi connectivity index (χ3n) is 4.59. The normalized spacial score (nSPS) is 10.7. The minimum absolute atomic E-state index is 0.154. The number of aromatic amines is 1. The molecule has 3 N–H and O–H groups in total. The number of halogens is 1. The van der Waals surface area contributed by atoms with Crippen molar-refractivity contribution in [3.63, 3.8) is 0 Å². The number of nitrogens with one attached hydrogen (secondary N) is 3. The number of hydrogen-bond acceptors (Lipinski definition) is 3. The Kier molecular flexibility index (Phi) is 5.77. The number of aromatic nitrogens is 2. The maximum absolute atomic E-state index is 12.2. The molecule has 0 unspecified atom stereocenters. The summed E-state index contributed by atoms with van der Waals surface area (Å²) >= 11 is 6.00. The van der Waals surface area contributed by atoms with Gasteiger partial charge in [-0.1, -0.05) is 35.9 Å². The lowest BCUT2D eigenvalue weighted by Crippen LogP contribution is -2.27. The highest BCUT2D eigenvalue weighted by Crippen LogP contribution is 2.22. The van der Waals surface area contributed by atoms with Gasteiger partial charge in [0.15, 0.2) is 0 Å². The van der Waals surface area contributed by atoms with Crippen LogP contribution in [0.4, 0.5) is 5.69 Å². The Labute approximate surface area is 178 Å². The molecular formula is C23H19ClN4O2. The van der Waals surface area contributed by atoms with E-state index in [1.165, 1.54) is 0 Å². The lowest BCUT2D eigenvalue weighted by molar-refractivity contribution is -0.116. The highest BCUT2D eigenvalue weighted by atomic mass is 35.5. The second-order valence-corrected chi connectivity index (χ2v) is 7.12. The predicted molar refractivity (Wildman–Crippen MR) is 119 cm³/mol. The van der Waals surface area contributed by atoms with Gasteiger partial charge in [-0.2, -0.15) is 0 Å². The molecule has 0 fully saturated rings. The third kappa shape index (κ3) is 4.50. The van der Waals surface area contributed by atoms with Gasteiger partial charge in [-0.3, -0.25) is 9.59 Å². The Bertz CT molecular complexity index is 1170. The van der Waals surface area contributed by atoms with Crippen molar-refractivity contribution in [3.8, 4) is 11.4 Å². The molecule has 0 aliphatic heterocycles. The van der Waals surface area contributed by atoms with Crippen LogP contribution in [0.15, 0.2) is 72.8 Å². The first-order chi connectivity index (χ1) is 14.6. The number of carbonyl (C=O) groups is 2. The highest BCUT2D eigenvalue weighted by Gasteiger charge is 2.10. The van der Waals surface area contributed by atoms with Gasteiger partial charge in [0.25, 0.3) is 5.91 Å². The van der Waals surface area contributed by atoms with Crippen LogP contribution in [-0.4, -0.2) is 28.3 Å². The number of H-pyrrole nitrogens is 1. The van der Waals surface area contributed by atoms with Crippen molar-refractivity contribution in [1.82, 2.24) is 15.3 Å². The molecule has 150 valence electrons. The largest absolute Gasteiger partial charge is 0.351 e. The summed E-state index contributed by atoms with van der Waals surface area (Å²) in [6.45, 7) is 0.215. The lowest BCUT2D eigenvalue weighted by atomic mass is 10.2. The van der Waals surface area contributed by atoms with Crippen molar-refractivity contribution in [3.05, 3.63) is 83.4 Å². The molecule has 0 aliphatic carbocycles. The number of carbonyl (C=O) groups excluding carboxylic acids is 2. The average molecular weight is 419 g/mol. The van der Waals surface area contributed by atoms with Crippen LogP contribution in [0.1, 0.15) is 16.8 Å². The third-order valence-corrected chi connectivity index (χ3v) is 4.92. The molecule has 0 bridgehead atoms. The molecule has 1 aromatic heterocycles. The fourth-order valence-corrected chi connectivity index (χ4v) is 3.28. The lowest BCUT2D eigenvalue weighted by Gasteiger charge is -2.08. The van der Waals surface area contributed by atoms with Crippen molar-refractivity contribution in [2.75, 3.05) is 11.9 Å². The molecule has 1 heterocycles. The first-order valence-electron chi connectivity index (χ1n) is 9.48. The molecule has 0 atom stereocenters. The Balaban J connectivity index is 1.30. The average Bonchev–Trinajstić information content (AvgIpc) is 3.19. The van der Waals surface area contributed by atoms with E-state index < -0.39 is 0 Å². The predicted octanol–water partition coefficient (Wildman–Crippen LogP) is 4.64. The van der Waals surface area contributed by atoms with Gasteiger partial charge in [0.05, 0.1) is 21.6 Å². The zero-order valence-corrected chi connectivity index (χ0v) is 16.7. The molecule has 7 heteroatoms. The first kappa shape index (κ1) is 19.7. The Morgan fingerprint density at radius 3 is 2.43 bits per heavy atom. The van der Waals surface area contributed by atoms with Gasteiger partial charge in [-0.05, 0) is 48.5 Å². The molecule has 0 saturated heterocycles. The fourth-order valence-electron chi connectivity index (χ4n) is 3.05. The monoisotopic (exact) mass is 418 g/mol. The quantitative estimate of drug-likeness (QED) is 0.426. The zero-order chi connectivity index (χ0) is 20.9. The van der Waals surface area contributed by atoms with E-state index in [1.54, 1.807) is 24.3 Å².